The van der Waals surface area contributed by atoms with Crippen LogP contribution in [0.15, 0.2) is 0 Å². The van der Waals surface area contributed by atoms with Crippen LogP contribution in [0.1, 0.15) is 38.5 Å². The van der Waals surface area contributed by atoms with E-state index in [0.29, 0.717) is 5.92 Å². The third-order valence-electron chi connectivity index (χ3n) is 4.03. The van der Waals surface area contributed by atoms with Crippen molar-refractivity contribution < 1.29 is 4.74 Å². The first-order chi connectivity index (χ1) is 7.77. The Hall–Kier alpha value is -0.570. The first kappa shape index (κ1) is 11.9. The van der Waals surface area contributed by atoms with Gasteiger partial charge >= 0.3 is 0 Å². The Labute approximate surface area is 98.7 Å². The van der Waals surface area contributed by atoms with Gasteiger partial charge in [-0.3, -0.25) is 5.41 Å². The van der Waals surface area contributed by atoms with Crippen LogP contribution in [0.5, 0.6) is 0 Å². The van der Waals surface area contributed by atoms with Crippen LogP contribution in [0.3, 0.4) is 0 Å². The summed E-state index contributed by atoms with van der Waals surface area (Å²) in [5.74, 6) is 2.16. The van der Waals surface area contributed by atoms with Gasteiger partial charge in [0.05, 0.1) is 5.84 Å². The third-order valence-corrected chi connectivity index (χ3v) is 4.03. The summed E-state index contributed by atoms with van der Waals surface area (Å²) in [5, 5.41) is 8.21. The lowest BCUT2D eigenvalue weighted by atomic mass is 9.98. The Morgan fingerprint density at radius 3 is 2.44 bits per heavy atom. The van der Waals surface area contributed by atoms with Crippen LogP contribution in [-0.2, 0) is 4.74 Å². The van der Waals surface area contributed by atoms with E-state index in [1.54, 1.807) is 0 Å². The molecule has 1 aliphatic heterocycles. The van der Waals surface area contributed by atoms with Crippen molar-refractivity contribution >= 4 is 5.84 Å². The quantitative estimate of drug-likeness (QED) is 0.590. The standard InChI is InChI=1S/C13H24N2O/c1-15(10-11-6-8-16-9-7-11)13(14)12-4-2-3-5-12/h11-12,14H,2-10H2,1H3. The van der Waals surface area contributed by atoms with Crippen molar-refractivity contribution in [1.29, 1.82) is 5.41 Å². The second kappa shape index (κ2) is 5.67. The van der Waals surface area contributed by atoms with Crippen molar-refractivity contribution in [3.05, 3.63) is 0 Å². The molecule has 2 fully saturated rings. The van der Waals surface area contributed by atoms with Crippen LogP contribution < -0.4 is 0 Å². The monoisotopic (exact) mass is 224 g/mol. The molecule has 0 bridgehead atoms. The zero-order valence-corrected chi connectivity index (χ0v) is 10.4. The van der Waals surface area contributed by atoms with Crippen molar-refractivity contribution in [3.63, 3.8) is 0 Å². The van der Waals surface area contributed by atoms with E-state index in [9.17, 15) is 0 Å². The molecule has 16 heavy (non-hydrogen) atoms. The van der Waals surface area contributed by atoms with Gasteiger partial charge in [0.25, 0.3) is 0 Å². The summed E-state index contributed by atoms with van der Waals surface area (Å²) in [5.41, 5.74) is 0. The predicted octanol–water partition coefficient (Wildman–Crippen LogP) is 2.51. The molecular weight excluding hydrogens is 200 g/mol. The van der Waals surface area contributed by atoms with Gasteiger partial charge in [0, 0.05) is 32.7 Å². The summed E-state index contributed by atoms with van der Waals surface area (Å²) in [4.78, 5) is 2.19. The molecule has 0 aromatic carbocycles. The fourth-order valence-corrected chi connectivity index (χ4v) is 2.93. The highest BCUT2D eigenvalue weighted by molar-refractivity contribution is 5.81. The lowest BCUT2D eigenvalue weighted by Crippen LogP contribution is -2.36. The molecule has 0 aromatic rings. The van der Waals surface area contributed by atoms with E-state index in [0.717, 1.165) is 31.5 Å². The number of hydrogen-bond acceptors (Lipinski definition) is 2. The molecule has 1 N–H and O–H groups in total. The zero-order valence-electron chi connectivity index (χ0n) is 10.4. The molecule has 1 heterocycles. The van der Waals surface area contributed by atoms with Gasteiger partial charge in [-0.05, 0) is 31.6 Å². The minimum Gasteiger partial charge on any atom is -0.381 e. The normalized spacial score (nSPS) is 23.6. The van der Waals surface area contributed by atoms with E-state index in [-0.39, 0.29) is 0 Å². The molecule has 0 radical (unpaired) electrons. The Bertz CT molecular complexity index is 230. The number of nitrogens with zero attached hydrogens (tertiary/aromatic N) is 1. The highest BCUT2D eigenvalue weighted by atomic mass is 16.5. The van der Waals surface area contributed by atoms with Gasteiger partial charge in [-0.1, -0.05) is 12.8 Å². The summed E-state index contributed by atoms with van der Waals surface area (Å²) >= 11 is 0. The maximum Gasteiger partial charge on any atom is 0.0986 e. The van der Waals surface area contributed by atoms with Gasteiger partial charge < -0.3 is 9.64 Å². The molecule has 1 aliphatic carbocycles. The molecule has 92 valence electrons. The van der Waals surface area contributed by atoms with Crippen molar-refractivity contribution in [2.75, 3.05) is 26.8 Å². The van der Waals surface area contributed by atoms with Crippen LogP contribution >= 0.6 is 0 Å². The molecule has 2 rings (SSSR count). The van der Waals surface area contributed by atoms with E-state index in [2.05, 4.69) is 11.9 Å². The van der Waals surface area contributed by atoms with Crippen LogP contribution in [0.2, 0.25) is 0 Å². The van der Waals surface area contributed by atoms with Gasteiger partial charge in [-0.2, -0.15) is 0 Å². The number of ether oxygens (including phenoxy) is 1. The van der Waals surface area contributed by atoms with Crippen molar-refractivity contribution in [3.8, 4) is 0 Å². The Balaban J connectivity index is 1.77. The minimum atomic E-state index is 0.546. The van der Waals surface area contributed by atoms with Gasteiger partial charge in [0.1, 0.15) is 0 Å². The third kappa shape index (κ3) is 2.97. The van der Waals surface area contributed by atoms with Crippen LogP contribution in [0.4, 0.5) is 0 Å². The molecule has 0 unspecified atom stereocenters. The van der Waals surface area contributed by atoms with E-state index in [4.69, 9.17) is 10.1 Å². The summed E-state index contributed by atoms with van der Waals surface area (Å²) in [6, 6.07) is 0. The average Bonchev–Trinajstić information content (AvgIpc) is 2.83. The highest BCUT2D eigenvalue weighted by Crippen LogP contribution is 2.27. The molecule has 0 amide bonds. The largest absolute Gasteiger partial charge is 0.381 e. The van der Waals surface area contributed by atoms with E-state index in [1.807, 2.05) is 0 Å². The molecule has 2 aliphatic rings. The van der Waals surface area contributed by atoms with E-state index in [1.165, 1.54) is 38.5 Å². The lowest BCUT2D eigenvalue weighted by Gasteiger charge is -2.30. The molecule has 3 heteroatoms. The smallest absolute Gasteiger partial charge is 0.0986 e. The van der Waals surface area contributed by atoms with Gasteiger partial charge in [0.2, 0.25) is 0 Å². The van der Waals surface area contributed by atoms with Crippen LogP contribution in [-0.4, -0.2) is 37.5 Å². The average molecular weight is 224 g/mol. The lowest BCUT2D eigenvalue weighted by molar-refractivity contribution is 0.0608. The number of hydrogen-bond donors (Lipinski definition) is 1. The Kier molecular flexibility index (Phi) is 4.22. The maximum atomic E-state index is 8.21. The van der Waals surface area contributed by atoms with Crippen LogP contribution in [0, 0.1) is 17.2 Å². The topological polar surface area (TPSA) is 36.3 Å². The Morgan fingerprint density at radius 2 is 1.81 bits per heavy atom. The molecule has 0 atom stereocenters. The van der Waals surface area contributed by atoms with Gasteiger partial charge in [-0.15, -0.1) is 0 Å². The zero-order chi connectivity index (χ0) is 11.4. The number of nitrogens with one attached hydrogen (secondary N) is 1. The predicted molar refractivity (Wildman–Crippen MR) is 65.9 cm³/mol. The fraction of sp³-hybridized carbons (Fsp3) is 0.923. The number of amidine groups is 1. The van der Waals surface area contributed by atoms with Crippen molar-refractivity contribution in [1.82, 2.24) is 4.90 Å². The van der Waals surface area contributed by atoms with Crippen molar-refractivity contribution in [2.24, 2.45) is 11.8 Å². The molecule has 0 spiro atoms. The van der Waals surface area contributed by atoms with E-state index >= 15 is 0 Å². The molecule has 1 saturated carbocycles. The first-order valence-electron chi connectivity index (χ1n) is 6.64. The second-order valence-corrected chi connectivity index (χ2v) is 5.30. The summed E-state index contributed by atoms with van der Waals surface area (Å²) in [6.45, 7) is 2.88. The summed E-state index contributed by atoms with van der Waals surface area (Å²) in [6.07, 6.45) is 7.44. The molecule has 0 aromatic heterocycles. The van der Waals surface area contributed by atoms with Gasteiger partial charge in [-0.25, -0.2) is 0 Å². The highest BCUT2D eigenvalue weighted by Gasteiger charge is 2.24. The maximum absolute atomic E-state index is 8.21. The number of rotatable bonds is 3. The summed E-state index contributed by atoms with van der Waals surface area (Å²) < 4.78 is 5.37. The molecule has 1 saturated heterocycles. The first-order valence-corrected chi connectivity index (χ1v) is 6.64. The SMILES string of the molecule is CN(CC1CCOCC1)C(=N)C1CCCC1. The molecular formula is C13H24N2O. The minimum absolute atomic E-state index is 0.546. The Morgan fingerprint density at radius 1 is 1.19 bits per heavy atom. The molecule has 3 nitrogen and oxygen atoms in total. The van der Waals surface area contributed by atoms with Crippen LogP contribution in [0.25, 0.3) is 0 Å². The second-order valence-electron chi connectivity index (χ2n) is 5.30. The van der Waals surface area contributed by atoms with Gasteiger partial charge in [0.15, 0.2) is 0 Å². The van der Waals surface area contributed by atoms with E-state index < -0.39 is 0 Å². The summed E-state index contributed by atoms with van der Waals surface area (Å²) in [7, 11) is 2.09. The fourth-order valence-electron chi connectivity index (χ4n) is 2.93. The van der Waals surface area contributed by atoms with Crippen molar-refractivity contribution in [2.45, 2.75) is 38.5 Å².